The molecule has 1 N–H and O–H groups in total. The molecule has 1 aromatic heterocycles. The second-order valence-corrected chi connectivity index (χ2v) is 7.76. The van der Waals surface area contributed by atoms with Crippen molar-refractivity contribution in [3.8, 4) is 0 Å². The van der Waals surface area contributed by atoms with Gasteiger partial charge in [-0.05, 0) is 59.6 Å². The Hall–Kier alpha value is -0.0600. The average molecular weight is 379 g/mol. The summed E-state index contributed by atoms with van der Waals surface area (Å²) in [6.07, 6.45) is 0. The Morgan fingerprint density at radius 1 is 1.11 bits per heavy atom. The van der Waals surface area contributed by atoms with E-state index >= 15 is 0 Å². The van der Waals surface area contributed by atoms with Gasteiger partial charge in [0, 0.05) is 27.0 Å². The Morgan fingerprint density at radius 2 is 1.84 bits per heavy atom. The zero-order valence-corrected chi connectivity index (χ0v) is 14.5. The quantitative estimate of drug-likeness (QED) is 0.664. The van der Waals surface area contributed by atoms with E-state index in [9.17, 15) is 0 Å². The largest absolute Gasteiger partial charge is 0.303 e. The van der Waals surface area contributed by atoms with Crippen LogP contribution in [-0.4, -0.2) is 0 Å². The van der Waals surface area contributed by atoms with Gasteiger partial charge in [0.25, 0.3) is 0 Å². The molecule has 19 heavy (non-hydrogen) atoms. The van der Waals surface area contributed by atoms with Crippen molar-refractivity contribution in [2.75, 3.05) is 0 Å². The normalized spacial score (nSPS) is 14.4. The van der Waals surface area contributed by atoms with Gasteiger partial charge in [0.2, 0.25) is 0 Å². The molecular formula is C14H14BrCl2NS. The SMILES string of the molecule is CC(NC(C)c1ccc(Cl)cc1Cl)c1ccc(Br)s1. The monoisotopic (exact) mass is 377 g/mol. The van der Waals surface area contributed by atoms with Gasteiger partial charge < -0.3 is 5.32 Å². The molecule has 0 radical (unpaired) electrons. The van der Waals surface area contributed by atoms with E-state index in [1.54, 1.807) is 17.4 Å². The van der Waals surface area contributed by atoms with Crippen molar-refractivity contribution in [3.63, 3.8) is 0 Å². The van der Waals surface area contributed by atoms with Crippen molar-refractivity contribution < 1.29 is 0 Å². The molecule has 0 aliphatic rings. The van der Waals surface area contributed by atoms with Crippen molar-refractivity contribution in [2.45, 2.75) is 25.9 Å². The maximum absolute atomic E-state index is 6.23. The Morgan fingerprint density at radius 3 is 2.42 bits per heavy atom. The van der Waals surface area contributed by atoms with E-state index in [0.29, 0.717) is 10.0 Å². The minimum absolute atomic E-state index is 0.167. The first-order chi connectivity index (χ1) is 8.97. The first-order valence-corrected chi connectivity index (χ1v) is 8.30. The molecule has 102 valence electrons. The third-order valence-electron chi connectivity index (χ3n) is 2.95. The van der Waals surface area contributed by atoms with Crippen LogP contribution >= 0.6 is 50.5 Å². The minimum atomic E-state index is 0.167. The summed E-state index contributed by atoms with van der Waals surface area (Å²) in [5.41, 5.74) is 1.06. The summed E-state index contributed by atoms with van der Waals surface area (Å²) in [7, 11) is 0. The van der Waals surface area contributed by atoms with Crippen LogP contribution in [0.5, 0.6) is 0 Å². The minimum Gasteiger partial charge on any atom is -0.303 e. The molecule has 0 aliphatic heterocycles. The lowest BCUT2D eigenvalue weighted by atomic mass is 10.1. The Bertz CT molecular complexity index is 570. The van der Waals surface area contributed by atoms with Gasteiger partial charge in [-0.15, -0.1) is 11.3 Å². The Kier molecular flexibility index (Phi) is 5.32. The molecule has 0 saturated carbocycles. The van der Waals surface area contributed by atoms with Crippen molar-refractivity contribution in [1.82, 2.24) is 5.32 Å². The highest BCUT2D eigenvalue weighted by Gasteiger charge is 2.15. The van der Waals surface area contributed by atoms with E-state index in [0.717, 1.165) is 9.35 Å². The van der Waals surface area contributed by atoms with Crippen molar-refractivity contribution in [1.29, 1.82) is 0 Å². The topological polar surface area (TPSA) is 12.0 Å². The zero-order valence-electron chi connectivity index (χ0n) is 10.6. The van der Waals surface area contributed by atoms with Gasteiger partial charge in [-0.2, -0.15) is 0 Å². The fourth-order valence-corrected chi connectivity index (χ4v) is 3.97. The molecule has 1 aromatic carbocycles. The summed E-state index contributed by atoms with van der Waals surface area (Å²) in [5, 5.41) is 4.91. The number of benzene rings is 1. The molecular weight excluding hydrogens is 365 g/mol. The van der Waals surface area contributed by atoms with E-state index in [2.05, 4.69) is 47.2 Å². The van der Waals surface area contributed by atoms with Crippen LogP contribution in [0, 0.1) is 0 Å². The Labute approximate surface area is 136 Å². The van der Waals surface area contributed by atoms with E-state index in [1.165, 1.54) is 4.88 Å². The first kappa shape index (κ1) is 15.3. The number of thiophene rings is 1. The third kappa shape index (κ3) is 3.96. The zero-order chi connectivity index (χ0) is 14.0. The molecule has 0 amide bonds. The van der Waals surface area contributed by atoms with Crippen molar-refractivity contribution in [3.05, 3.63) is 54.6 Å². The summed E-state index contributed by atoms with van der Waals surface area (Å²) >= 11 is 17.4. The maximum Gasteiger partial charge on any atom is 0.0701 e. The average Bonchev–Trinajstić information content (AvgIpc) is 2.75. The van der Waals surface area contributed by atoms with Crippen LogP contribution in [0.3, 0.4) is 0 Å². The molecule has 0 spiro atoms. The number of hydrogen-bond acceptors (Lipinski definition) is 2. The number of halogens is 3. The van der Waals surface area contributed by atoms with Crippen LogP contribution < -0.4 is 5.32 Å². The molecule has 2 atom stereocenters. The van der Waals surface area contributed by atoms with E-state index in [-0.39, 0.29) is 12.1 Å². The van der Waals surface area contributed by atoms with Gasteiger partial charge in [-0.3, -0.25) is 0 Å². The van der Waals surface area contributed by atoms with Gasteiger partial charge in [0.15, 0.2) is 0 Å². The lowest BCUT2D eigenvalue weighted by Gasteiger charge is -2.20. The van der Waals surface area contributed by atoms with Crippen LogP contribution in [0.2, 0.25) is 10.0 Å². The predicted molar refractivity (Wildman–Crippen MR) is 88.4 cm³/mol. The summed E-state index contributed by atoms with van der Waals surface area (Å²) in [5.74, 6) is 0. The molecule has 2 rings (SSSR count). The van der Waals surface area contributed by atoms with Gasteiger partial charge in [0.1, 0.15) is 0 Å². The molecule has 0 aliphatic carbocycles. The first-order valence-electron chi connectivity index (χ1n) is 5.93. The second-order valence-electron chi connectivity index (χ2n) is 4.42. The second kappa shape index (κ2) is 6.59. The molecule has 1 heterocycles. The van der Waals surface area contributed by atoms with Gasteiger partial charge in [-0.25, -0.2) is 0 Å². The van der Waals surface area contributed by atoms with Crippen LogP contribution in [0.1, 0.15) is 36.4 Å². The Balaban J connectivity index is 2.10. The van der Waals surface area contributed by atoms with E-state index in [4.69, 9.17) is 23.2 Å². The predicted octanol–water partition coefficient (Wildman–Crippen LogP) is 6.23. The van der Waals surface area contributed by atoms with Crippen LogP contribution in [0.25, 0.3) is 0 Å². The fourth-order valence-electron chi connectivity index (χ4n) is 1.96. The number of hydrogen-bond donors (Lipinski definition) is 1. The number of nitrogens with one attached hydrogen (secondary N) is 1. The summed E-state index contributed by atoms with van der Waals surface area (Å²) < 4.78 is 1.15. The molecule has 2 aromatic rings. The summed E-state index contributed by atoms with van der Waals surface area (Å²) in [6.45, 7) is 4.26. The van der Waals surface area contributed by atoms with Gasteiger partial charge >= 0.3 is 0 Å². The number of rotatable bonds is 4. The molecule has 1 nitrogen and oxygen atoms in total. The molecule has 0 bridgehead atoms. The third-order valence-corrected chi connectivity index (χ3v) is 5.32. The lowest BCUT2D eigenvalue weighted by molar-refractivity contribution is 0.500. The van der Waals surface area contributed by atoms with E-state index in [1.807, 2.05) is 12.1 Å². The molecule has 2 unspecified atom stereocenters. The fraction of sp³-hybridized carbons (Fsp3) is 0.286. The van der Waals surface area contributed by atoms with Crippen LogP contribution in [-0.2, 0) is 0 Å². The standard InChI is InChI=1S/C14H14BrCl2NS/c1-8(11-4-3-10(16)7-12(11)17)18-9(2)13-5-6-14(15)19-13/h3-9,18H,1-2H3. The summed E-state index contributed by atoms with van der Waals surface area (Å²) in [4.78, 5) is 1.30. The highest BCUT2D eigenvalue weighted by atomic mass is 79.9. The van der Waals surface area contributed by atoms with Gasteiger partial charge in [0.05, 0.1) is 3.79 Å². The lowest BCUT2D eigenvalue weighted by Crippen LogP contribution is -2.22. The molecule has 0 saturated heterocycles. The van der Waals surface area contributed by atoms with Crippen LogP contribution in [0.15, 0.2) is 34.1 Å². The van der Waals surface area contributed by atoms with Crippen LogP contribution in [0.4, 0.5) is 0 Å². The summed E-state index contributed by atoms with van der Waals surface area (Å²) in [6, 6.07) is 10.3. The molecule has 5 heteroatoms. The van der Waals surface area contributed by atoms with Crippen molar-refractivity contribution >= 4 is 50.5 Å². The highest BCUT2D eigenvalue weighted by molar-refractivity contribution is 9.11. The van der Waals surface area contributed by atoms with Gasteiger partial charge in [-0.1, -0.05) is 29.3 Å². The molecule has 0 fully saturated rings. The highest BCUT2D eigenvalue weighted by Crippen LogP contribution is 2.31. The van der Waals surface area contributed by atoms with Crippen molar-refractivity contribution in [2.24, 2.45) is 0 Å². The smallest absolute Gasteiger partial charge is 0.0701 e. The van der Waals surface area contributed by atoms with E-state index < -0.39 is 0 Å². The maximum atomic E-state index is 6.23.